The molecule has 1 aromatic rings. The van der Waals surface area contributed by atoms with Gasteiger partial charge in [-0.1, -0.05) is 0 Å². The molecule has 1 heterocycles. The molecule has 0 aliphatic carbocycles. The molecule has 5 nitrogen and oxygen atoms in total. The largest absolute Gasteiger partial charge is 0.494 e. The Balaban J connectivity index is 3.46. The van der Waals surface area contributed by atoms with Crippen molar-refractivity contribution >= 4 is 5.97 Å². The molecular formula is C9H10F2N2O3. The van der Waals surface area contributed by atoms with Gasteiger partial charge in [0.25, 0.3) is 6.43 Å². The number of methoxy groups -OCH3 is 1. The number of carbonyl (C=O) groups is 1. The van der Waals surface area contributed by atoms with Gasteiger partial charge in [-0.25, -0.2) is 18.6 Å². The molecule has 0 atom stereocenters. The summed E-state index contributed by atoms with van der Waals surface area (Å²) in [5.41, 5.74) is 4.24. The van der Waals surface area contributed by atoms with Crippen LogP contribution in [0.3, 0.4) is 0 Å². The second-order valence-electron chi connectivity index (χ2n) is 2.89. The summed E-state index contributed by atoms with van der Waals surface area (Å²) in [7, 11) is 1.11. The standard InChI is InChI=1S/C9H10F2N2O3/c1-16-7-5(9(14)15)2-4(3-12)13-6(7)8(10)11/h2,8H,3,12H2,1H3,(H,14,15). The lowest BCUT2D eigenvalue weighted by molar-refractivity contribution is 0.0691. The zero-order chi connectivity index (χ0) is 12.3. The molecule has 3 N–H and O–H groups in total. The Labute approximate surface area is 89.9 Å². The van der Waals surface area contributed by atoms with Gasteiger partial charge in [-0.05, 0) is 6.07 Å². The maximum atomic E-state index is 12.6. The summed E-state index contributed by atoms with van der Waals surface area (Å²) in [5, 5.41) is 8.83. The third-order valence-corrected chi connectivity index (χ3v) is 1.90. The van der Waals surface area contributed by atoms with Gasteiger partial charge in [-0.3, -0.25) is 0 Å². The topological polar surface area (TPSA) is 85.4 Å². The van der Waals surface area contributed by atoms with Gasteiger partial charge in [0.15, 0.2) is 5.75 Å². The van der Waals surface area contributed by atoms with Crippen molar-refractivity contribution in [2.45, 2.75) is 13.0 Å². The molecule has 16 heavy (non-hydrogen) atoms. The molecule has 0 saturated carbocycles. The van der Waals surface area contributed by atoms with E-state index in [0.717, 1.165) is 13.2 Å². The molecule has 88 valence electrons. The average Bonchev–Trinajstić information content (AvgIpc) is 2.26. The summed E-state index contributed by atoms with van der Waals surface area (Å²) in [6.07, 6.45) is -2.92. The normalized spacial score (nSPS) is 10.6. The van der Waals surface area contributed by atoms with Crippen molar-refractivity contribution in [1.29, 1.82) is 0 Å². The highest BCUT2D eigenvalue weighted by molar-refractivity contribution is 5.91. The van der Waals surface area contributed by atoms with Crippen LogP contribution >= 0.6 is 0 Å². The van der Waals surface area contributed by atoms with E-state index in [0.29, 0.717) is 0 Å². The molecule has 0 bridgehead atoms. The second-order valence-corrected chi connectivity index (χ2v) is 2.89. The fourth-order valence-electron chi connectivity index (χ4n) is 1.23. The maximum absolute atomic E-state index is 12.6. The highest BCUT2D eigenvalue weighted by Crippen LogP contribution is 2.31. The van der Waals surface area contributed by atoms with Crippen LogP contribution in [0.25, 0.3) is 0 Å². The van der Waals surface area contributed by atoms with Gasteiger partial charge < -0.3 is 15.6 Å². The Morgan fingerprint density at radius 1 is 1.69 bits per heavy atom. The number of pyridine rings is 1. The molecular weight excluding hydrogens is 222 g/mol. The molecule has 0 aliphatic heterocycles. The predicted octanol–water partition coefficient (Wildman–Crippen LogP) is 1.18. The van der Waals surface area contributed by atoms with Gasteiger partial charge in [-0.15, -0.1) is 0 Å². The van der Waals surface area contributed by atoms with Crippen molar-refractivity contribution in [2.75, 3.05) is 7.11 Å². The number of aromatic nitrogens is 1. The number of alkyl halides is 2. The number of nitrogens with zero attached hydrogens (tertiary/aromatic N) is 1. The van der Waals surface area contributed by atoms with Crippen LogP contribution < -0.4 is 10.5 Å². The van der Waals surface area contributed by atoms with Crippen LogP contribution in [0.1, 0.15) is 28.2 Å². The average molecular weight is 232 g/mol. The first kappa shape index (κ1) is 12.3. The molecule has 0 unspecified atom stereocenters. The first-order chi connectivity index (χ1) is 7.51. The summed E-state index contributed by atoms with van der Waals surface area (Å²) in [4.78, 5) is 14.4. The molecule has 0 aromatic carbocycles. The van der Waals surface area contributed by atoms with Crippen LogP contribution in [-0.4, -0.2) is 23.2 Å². The van der Waals surface area contributed by atoms with Crippen LogP contribution in [0, 0.1) is 0 Å². The van der Waals surface area contributed by atoms with Gasteiger partial charge in [0.2, 0.25) is 0 Å². The quantitative estimate of drug-likeness (QED) is 0.814. The summed E-state index contributed by atoms with van der Waals surface area (Å²) in [6, 6.07) is 1.12. The molecule has 1 rings (SSSR count). The second kappa shape index (κ2) is 4.84. The molecule has 0 spiro atoms. The van der Waals surface area contributed by atoms with E-state index in [2.05, 4.69) is 9.72 Å². The summed E-state index contributed by atoms with van der Waals surface area (Å²) >= 11 is 0. The number of nitrogens with two attached hydrogens (primary N) is 1. The number of hydrogen-bond acceptors (Lipinski definition) is 4. The van der Waals surface area contributed by atoms with Crippen molar-refractivity contribution in [1.82, 2.24) is 4.98 Å². The van der Waals surface area contributed by atoms with E-state index in [-0.39, 0.29) is 17.8 Å². The smallest absolute Gasteiger partial charge is 0.339 e. The molecule has 7 heteroatoms. The number of hydrogen-bond donors (Lipinski definition) is 2. The fourth-order valence-corrected chi connectivity index (χ4v) is 1.23. The van der Waals surface area contributed by atoms with E-state index >= 15 is 0 Å². The van der Waals surface area contributed by atoms with Crippen LogP contribution in [0.2, 0.25) is 0 Å². The minimum Gasteiger partial charge on any atom is -0.494 e. The van der Waals surface area contributed by atoms with E-state index in [1.807, 2.05) is 0 Å². The number of aromatic carboxylic acids is 1. The van der Waals surface area contributed by atoms with Gasteiger partial charge in [0, 0.05) is 6.54 Å². The molecule has 0 saturated heterocycles. The summed E-state index contributed by atoms with van der Waals surface area (Å²) in [6.45, 7) is -0.121. The van der Waals surface area contributed by atoms with Crippen molar-refractivity contribution in [3.8, 4) is 5.75 Å². The van der Waals surface area contributed by atoms with E-state index in [9.17, 15) is 13.6 Å². The first-order valence-electron chi connectivity index (χ1n) is 4.30. The lowest BCUT2D eigenvalue weighted by Crippen LogP contribution is -2.10. The number of carboxylic acids is 1. The van der Waals surface area contributed by atoms with Crippen LogP contribution in [0.5, 0.6) is 5.75 Å². The Kier molecular flexibility index (Phi) is 3.73. The minimum atomic E-state index is -2.92. The van der Waals surface area contributed by atoms with Gasteiger partial charge in [-0.2, -0.15) is 0 Å². The van der Waals surface area contributed by atoms with E-state index in [4.69, 9.17) is 10.8 Å². The third-order valence-electron chi connectivity index (χ3n) is 1.90. The first-order valence-corrected chi connectivity index (χ1v) is 4.30. The number of rotatable bonds is 4. The zero-order valence-corrected chi connectivity index (χ0v) is 8.41. The monoisotopic (exact) mass is 232 g/mol. The highest BCUT2D eigenvalue weighted by atomic mass is 19.3. The van der Waals surface area contributed by atoms with E-state index < -0.39 is 23.8 Å². The fraction of sp³-hybridized carbons (Fsp3) is 0.333. The predicted molar refractivity (Wildman–Crippen MR) is 50.6 cm³/mol. The van der Waals surface area contributed by atoms with Crippen LogP contribution in [0.4, 0.5) is 8.78 Å². The lowest BCUT2D eigenvalue weighted by atomic mass is 10.1. The highest BCUT2D eigenvalue weighted by Gasteiger charge is 2.23. The lowest BCUT2D eigenvalue weighted by Gasteiger charge is -2.11. The van der Waals surface area contributed by atoms with Gasteiger partial charge >= 0.3 is 5.97 Å². The van der Waals surface area contributed by atoms with E-state index in [1.165, 1.54) is 0 Å². The molecule has 0 amide bonds. The molecule has 0 fully saturated rings. The van der Waals surface area contributed by atoms with Gasteiger partial charge in [0.1, 0.15) is 11.3 Å². The molecule has 0 radical (unpaired) electrons. The Morgan fingerprint density at radius 2 is 2.31 bits per heavy atom. The summed E-state index contributed by atoms with van der Waals surface area (Å²) < 4.78 is 29.8. The summed E-state index contributed by atoms with van der Waals surface area (Å²) in [5.74, 6) is -1.80. The minimum absolute atomic E-state index is 0.0773. The SMILES string of the molecule is COc1c(C(=O)O)cc(CN)nc1C(F)F. The van der Waals surface area contributed by atoms with Crippen LogP contribution in [-0.2, 0) is 6.54 Å². The number of carboxylic acid groups (broad SMARTS) is 1. The Morgan fingerprint density at radius 3 is 2.69 bits per heavy atom. The van der Waals surface area contributed by atoms with Crippen LogP contribution in [0.15, 0.2) is 6.07 Å². The van der Waals surface area contributed by atoms with Gasteiger partial charge in [0.05, 0.1) is 12.8 Å². The molecule has 1 aromatic heterocycles. The van der Waals surface area contributed by atoms with E-state index in [1.54, 1.807) is 0 Å². The number of halogens is 2. The maximum Gasteiger partial charge on any atom is 0.339 e. The van der Waals surface area contributed by atoms with Crippen molar-refractivity contribution in [3.63, 3.8) is 0 Å². The van der Waals surface area contributed by atoms with Crippen molar-refractivity contribution < 1.29 is 23.4 Å². The Bertz CT molecular complexity index is 410. The third kappa shape index (κ3) is 2.25. The zero-order valence-electron chi connectivity index (χ0n) is 8.41. The van der Waals surface area contributed by atoms with Crippen molar-refractivity contribution in [3.05, 3.63) is 23.0 Å². The number of ether oxygens (including phenoxy) is 1. The van der Waals surface area contributed by atoms with Crippen molar-refractivity contribution in [2.24, 2.45) is 5.73 Å². The Hall–Kier alpha value is -1.76. The molecule has 0 aliphatic rings.